The molecule has 0 aromatic carbocycles. The van der Waals surface area contributed by atoms with Gasteiger partial charge in [-0.15, -0.1) is 0 Å². The van der Waals surface area contributed by atoms with E-state index in [4.69, 9.17) is 37.0 Å². The number of aliphatic hydroxyl groups excluding tert-OH is 1. The van der Waals surface area contributed by atoms with Crippen molar-refractivity contribution in [3.8, 4) is 0 Å². The Kier molecular flexibility index (Phi) is 71.5. The molecular weight excluding hydrogens is 1340 g/mol. The molecule has 0 saturated carbocycles. The van der Waals surface area contributed by atoms with Crippen molar-refractivity contribution in [1.82, 2.24) is 0 Å². The van der Waals surface area contributed by atoms with Crippen molar-refractivity contribution in [2.75, 3.05) is 39.6 Å². The molecule has 0 rings (SSSR count). The lowest BCUT2D eigenvalue weighted by atomic mass is 9.99. The minimum Gasteiger partial charge on any atom is -0.462 e. The van der Waals surface area contributed by atoms with Crippen LogP contribution in [0.5, 0.6) is 0 Å². The van der Waals surface area contributed by atoms with Crippen LogP contribution in [-0.2, 0) is 65.4 Å². The summed E-state index contributed by atoms with van der Waals surface area (Å²) in [6, 6.07) is 0. The predicted octanol–water partition coefficient (Wildman–Crippen LogP) is 25.2. The molecule has 0 aromatic heterocycles. The van der Waals surface area contributed by atoms with Gasteiger partial charge in [0.2, 0.25) is 0 Å². The Labute approximate surface area is 632 Å². The van der Waals surface area contributed by atoms with Gasteiger partial charge in [0.05, 0.1) is 26.4 Å². The van der Waals surface area contributed by atoms with E-state index in [-0.39, 0.29) is 25.7 Å². The van der Waals surface area contributed by atoms with Crippen LogP contribution in [0.4, 0.5) is 0 Å². The van der Waals surface area contributed by atoms with Gasteiger partial charge >= 0.3 is 39.5 Å². The Hall–Kier alpha value is -1.94. The van der Waals surface area contributed by atoms with Gasteiger partial charge in [0, 0.05) is 25.7 Å². The van der Waals surface area contributed by atoms with Crippen LogP contribution in [0.1, 0.15) is 434 Å². The van der Waals surface area contributed by atoms with Crippen LogP contribution in [0.2, 0.25) is 0 Å². The SMILES string of the molecule is CCC(C)CCCCCCCCCCCCCCCCCCCCC(=O)OC[C@H](COP(=O)(O)OC[C@@H](O)COP(=O)(O)OC[C@@H](COC(=O)CCCCCCCCC(C)CC)OC(=O)CCCCCCCCCCC(C)CC)OC(=O)CCCCCCCCCCCCCCCCCCC(C)C. The van der Waals surface area contributed by atoms with Gasteiger partial charge in [-0.05, 0) is 49.4 Å². The first-order valence-corrected chi connectivity index (χ1v) is 46.3. The second-order valence-corrected chi connectivity index (χ2v) is 34.3. The van der Waals surface area contributed by atoms with Gasteiger partial charge in [-0.25, -0.2) is 9.13 Å². The first-order valence-electron chi connectivity index (χ1n) is 43.3. The fourth-order valence-electron chi connectivity index (χ4n) is 12.9. The molecular formula is C84H164O17P2. The van der Waals surface area contributed by atoms with Crippen molar-refractivity contribution in [2.45, 2.75) is 453 Å². The zero-order chi connectivity index (χ0) is 76.0. The molecule has 17 nitrogen and oxygen atoms in total. The maximum absolute atomic E-state index is 13.1. The van der Waals surface area contributed by atoms with Gasteiger partial charge in [0.25, 0.3) is 0 Å². The van der Waals surface area contributed by atoms with Crippen LogP contribution in [0.15, 0.2) is 0 Å². The highest BCUT2D eigenvalue weighted by Crippen LogP contribution is 2.45. The fourth-order valence-corrected chi connectivity index (χ4v) is 14.4. The molecule has 0 aliphatic carbocycles. The number of esters is 4. The molecule has 0 aliphatic heterocycles. The third-order valence-corrected chi connectivity index (χ3v) is 22.6. The van der Waals surface area contributed by atoms with E-state index in [0.717, 1.165) is 120 Å². The standard InChI is InChI=1S/C84H164O17P2/c1-9-75(6)61-53-45-37-31-27-23-19-14-12-13-15-20-24-28-32-39-48-56-64-81(86)94-70-79(100-83(88)66-58-50-40-33-29-25-21-17-16-18-22-26-30-36-44-52-60-74(4)5)72-98-102(90,91)96-68-78(85)69-97-103(92,93)99-73-80(71-95-82(87)65-57-49-43-42-47-55-63-77(8)11-3)101-84(89)67-59-51-41-35-34-38-46-54-62-76(7)10-2/h74-80,85H,9-73H2,1-8H3,(H,90,91)(H,92,93)/t75?,76?,77?,78-,79-,80-/m1/s1. The molecule has 8 atom stereocenters. The van der Waals surface area contributed by atoms with E-state index in [0.29, 0.717) is 25.7 Å². The molecule has 0 radical (unpaired) electrons. The predicted molar refractivity (Wildman–Crippen MR) is 423 cm³/mol. The van der Waals surface area contributed by atoms with Gasteiger partial charge in [-0.3, -0.25) is 37.3 Å². The molecule has 0 bridgehead atoms. The number of hydrogen-bond acceptors (Lipinski definition) is 15. The molecule has 0 amide bonds. The van der Waals surface area contributed by atoms with Crippen molar-refractivity contribution in [3.63, 3.8) is 0 Å². The number of carbonyl (C=O) groups excluding carboxylic acids is 4. The molecule has 5 unspecified atom stereocenters. The number of ether oxygens (including phenoxy) is 4. The van der Waals surface area contributed by atoms with Gasteiger partial charge in [-0.1, -0.05) is 383 Å². The topological polar surface area (TPSA) is 237 Å². The highest BCUT2D eigenvalue weighted by molar-refractivity contribution is 7.47. The molecule has 0 fully saturated rings. The third kappa shape index (κ3) is 74.0. The van der Waals surface area contributed by atoms with Gasteiger partial charge in [0.1, 0.15) is 19.3 Å². The average Bonchev–Trinajstić information content (AvgIpc) is 0.915. The number of carbonyl (C=O) groups is 4. The zero-order valence-electron chi connectivity index (χ0n) is 68.0. The molecule has 3 N–H and O–H groups in total. The van der Waals surface area contributed by atoms with Crippen LogP contribution >= 0.6 is 15.6 Å². The Morgan fingerprint density at radius 1 is 0.272 bits per heavy atom. The maximum Gasteiger partial charge on any atom is 0.472 e. The number of aliphatic hydroxyl groups is 1. The van der Waals surface area contributed by atoms with Crippen LogP contribution in [0.3, 0.4) is 0 Å². The summed E-state index contributed by atoms with van der Waals surface area (Å²) in [5.41, 5.74) is 0. The van der Waals surface area contributed by atoms with Crippen LogP contribution in [0, 0.1) is 23.7 Å². The first-order chi connectivity index (χ1) is 49.7. The second kappa shape index (κ2) is 72.9. The van der Waals surface area contributed by atoms with Crippen molar-refractivity contribution in [2.24, 2.45) is 23.7 Å². The lowest BCUT2D eigenvalue weighted by Gasteiger charge is -2.21. The molecule has 19 heteroatoms. The molecule has 103 heavy (non-hydrogen) atoms. The molecule has 0 aromatic rings. The molecule has 612 valence electrons. The Morgan fingerprint density at radius 3 is 0.689 bits per heavy atom. The zero-order valence-corrected chi connectivity index (χ0v) is 69.7. The van der Waals surface area contributed by atoms with E-state index in [9.17, 15) is 43.2 Å². The largest absolute Gasteiger partial charge is 0.472 e. The highest BCUT2D eigenvalue weighted by Gasteiger charge is 2.30. The van der Waals surface area contributed by atoms with E-state index in [2.05, 4.69) is 55.4 Å². The lowest BCUT2D eigenvalue weighted by molar-refractivity contribution is -0.161. The quantitative estimate of drug-likeness (QED) is 0.0222. The number of rotatable bonds is 81. The molecule has 0 aliphatic rings. The minimum atomic E-state index is -4.97. The number of unbranched alkanes of at least 4 members (excludes halogenated alkanes) is 44. The smallest absolute Gasteiger partial charge is 0.462 e. The summed E-state index contributed by atoms with van der Waals surface area (Å²) >= 11 is 0. The summed E-state index contributed by atoms with van der Waals surface area (Å²) in [5.74, 6) is 1.07. The summed E-state index contributed by atoms with van der Waals surface area (Å²) in [6.45, 7) is 14.3. The first kappa shape index (κ1) is 101. The number of hydrogen-bond donors (Lipinski definition) is 3. The van der Waals surface area contributed by atoms with Crippen LogP contribution in [0.25, 0.3) is 0 Å². The summed E-state index contributed by atoms with van der Waals surface area (Å²) in [5, 5.41) is 10.7. The Balaban J connectivity index is 5.21. The molecule has 0 heterocycles. The van der Waals surface area contributed by atoms with Gasteiger partial charge in [0.15, 0.2) is 12.2 Å². The number of phosphoric ester groups is 2. The van der Waals surface area contributed by atoms with Crippen molar-refractivity contribution < 1.29 is 80.2 Å². The van der Waals surface area contributed by atoms with E-state index >= 15 is 0 Å². The third-order valence-electron chi connectivity index (χ3n) is 20.7. The minimum absolute atomic E-state index is 0.104. The fraction of sp³-hybridized carbons (Fsp3) is 0.952. The monoisotopic (exact) mass is 1510 g/mol. The number of phosphoric acid groups is 2. The maximum atomic E-state index is 13.1. The van der Waals surface area contributed by atoms with Crippen molar-refractivity contribution >= 4 is 39.5 Å². The van der Waals surface area contributed by atoms with E-state index in [1.807, 2.05) is 0 Å². The summed E-state index contributed by atoms with van der Waals surface area (Å²) in [7, 11) is -9.92. The van der Waals surface area contributed by atoms with Crippen molar-refractivity contribution in [3.05, 3.63) is 0 Å². The second-order valence-electron chi connectivity index (χ2n) is 31.4. The normalized spacial score (nSPS) is 14.8. The summed E-state index contributed by atoms with van der Waals surface area (Å²) in [4.78, 5) is 73.1. The van der Waals surface area contributed by atoms with E-state index < -0.39 is 97.5 Å². The lowest BCUT2D eigenvalue weighted by Crippen LogP contribution is -2.30. The van der Waals surface area contributed by atoms with E-state index in [1.54, 1.807) is 0 Å². The molecule has 0 spiro atoms. The Bertz CT molecular complexity index is 2010. The van der Waals surface area contributed by atoms with Crippen molar-refractivity contribution in [1.29, 1.82) is 0 Å². The van der Waals surface area contributed by atoms with E-state index in [1.165, 1.54) is 231 Å². The Morgan fingerprint density at radius 2 is 0.466 bits per heavy atom. The molecule has 0 saturated heterocycles. The van der Waals surface area contributed by atoms with Gasteiger partial charge in [-0.2, -0.15) is 0 Å². The summed E-state index contributed by atoms with van der Waals surface area (Å²) < 4.78 is 68.8. The van der Waals surface area contributed by atoms with Crippen LogP contribution in [-0.4, -0.2) is 96.7 Å². The van der Waals surface area contributed by atoms with Crippen LogP contribution < -0.4 is 0 Å². The summed E-state index contributed by atoms with van der Waals surface area (Å²) in [6.07, 6.45) is 61.2. The van der Waals surface area contributed by atoms with Gasteiger partial charge < -0.3 is 33.8 Å². The average molecular weight is 1510 g/mol. The highest BCUT2D eigenvalue weighted by atomic mass is 31.2.